The van der Waals surface area contributed by atoms with E-state index >= 15 is 0 Å². The van der Waals surface area contributed by atoms with Crippen LogP contribution in [-0.2, 0) is 4.79 Å². The number of aliphatic hydroxyl groups is 2. The van der Waals surface area contributed by atoms with Crippen molar-refractivity contribution in [3.05, 3.63) is 12.2 Å². The van der Waals surface area contributed by atoms with E-state index in [2.05, 4.69) is 6.92 Å². The van der Waals surface area contributed by atoms with Crippen LogP contribution in [0.15, 0.2) is 12.2 Å². The van der Waals surface area contributed by atoms with Crippen molar-refractivity contribution in [1.29, 1.82) is 0 Å². The first-order chi connectivity index (χ1) is 6.22. The Hall–Kier alpha value is -0.670. The fourth-order valence-electron chi connectivity index (χ4n) is 1.06. The molecule has 0 aromatic rings. The van der Waals surface area contributed by atoms with Crippen LogP contribution in [0.25, 0.3) is 0 Å². The largest absolute Gasteiger partial charge is 0.390 e. The minimum atomic E-state index is -0.915. The second kappa shape index (κ2) is 7.95. The van der Waals surface area contributed by atoms with Crippen molar-refractivity contribution in [3.63, 3.8) is 0 Å². The van der Waals surface area contributed by atoms with E-state index in [0.29, 0.717) is 12.7 Å². The van der Waals surface area contributed by atoms with Crippen LogP contribution >= 0.6 is 0 Å². The molecule has 76 valence electrons. The second-order valence-electron chi connectivity index (χ2n) is 3.07. The van der Waals surface area contributed by atoms with E-state index in [4.69, 9.17) is 0 Å². The van der Waals surface area contributed by atoms with E-state index in [1.807, 2.05) is 0 Å². The Labute approximate surface area is 79.1 Å². The smallest absolute Gasteiger partial charge is 0.142 e. The summed E-state index contributed by atoms with van der Waals surface area (Å²) in [6.07, 6.45) is 5.07. The molecule has 0 saturated carbocycles. The molecule has 0 spiro atoms. The van der Waals surface area contributed by atoms with Crippen LogP contribution in [0.2, 0.25) is 0 Å². The number of unbranched alkanes of at least 4 members (excludes halogenated alkanes) is 2. The van der Waals surface area contributed by atoms with E-state index in [-0.39, 0.29) is 0 Å². The van der Waals surface area contributed by atoms with Crippen molar-refractivity contribution < 1.29 is 15.0 Å². The molecule has 0 radical (unpaired) electrons. The van der Waals surface area contributed by atoms with Crippen LogP contribution < -0.4 is 0 Å². The average Bonchev–Trinajstić information content (AvgIpc) is 2.14. The molecular weight excluding hydrogens is 168 g/mol. The highest BCUT2D eigenvalue weighted by Crippen LogP contribution is 2.07. The highest BCUT2D eigenvalue weighted by Gasteiger charge is 2.11. The fraction of sp³-hybridized carbons (Fsp3) is 0.700. The third kappa shape index (κ3) is 6.49. The maximum atomic E-state index is 9.91. The van der Waals surface area contributed by atoms with Crippen LogP contribution in [-0.4, -0.2) is 28.7 Å². The lowest BCUT2D eigenvalue weighted by Crippen LogP contribution is -2.23. The zero-order valence-electron chi connectivity index (χ0n) is 8.02. The number of hydrogen-bond donors (Lipinski definition) is 2. The third-order valence-corrected chi connectivity index (χ3v) is 1.88. The summed E-state index contributed by atoms with van der Waals surface area (Å²) in [4.78, 5) is 9.91. The Balaban J connectivity index is 3.61. The van der Waals surface area contributed by atoms with Crippen molar-refractivity contribution in [2.24, 2.45) is 0 Å². The lowest BCUT2D eigenvalue weighted by molar-refractivity contribution is -0.104. The summed E-state index contributed by atoms with van der Waals surface area (Å²) in [5.74, 6) is 0. The second-order valence-corrected chi connectivity index (χ2v) is 3.07. The predicted octanol–water partition coefficient (Wildman–Crippen LogP) is 1.04. The van der Waals surface area contributed by atoms with Gasteiger partial charge in [-0.15, -0.1) is 0 Å². The number of aldehydes is 1. The van der Waals surface area contributed by atoms with Crippen LogP contribution in [0.3, 0.4) is 0 Å². The summed E-state index contributed by atoms with van der Waals surface area (Å²) in [6, 6.07) is 0. The molecule has 0 bridgehead atoms. The molecule has 3 heteroatoms. The van der Waals surface area contributed by atoms with Gasteiger partial charge in [0.25, 0.3) is 0 Å². The summed E-state index contributed by atoms with van der Waals surface area (Å²) in [5, 5.41) is 18.6. The predicted molar refractivity (Wildman–Crippen MR) is 51.4 cm³/mol. The Morgan fingerprint density at radius 1 is 1.31 bits per heavy atom. The van der Waals surface area contributed by atoms with Gasteiger partial charge in [-0.25, -0.2) is 0 Å². The van der Waals surface area contributed by atoms with Gasteiger partial charge in [0.05, 0.1) is 12.2 Å². The number of allylic oxidation sites excluding steroid dienone is 1. The van der Waals surface area contributed by atoms with Crippen molar-refractivity contribution in [3.8, 4) is 0 Å². The van der Waals surface area contributed by atoms with Gasteiger partial charge >= 0.3 is 0 Å². The minimum absolute atomic E-state index is 0.582. The molecule has 0 aromatic heterocycles. The summed E-state index contributed by atoms with van der Waals surface area (Å²) >= 11 is 0. The van der Waals surface area contributed by atoms with Crippen LogP contribution in [0.1, 0.15) is 32.6 Å². The van der Waals surface area contributed by atoms with Gasteiger partial charge in [-0.05, 0) is 12.5 Å². The van der Waals surface area contributed by atoms with E-state index in [0.717, 1.165) is 19.3 Å². The molecule has 3 nitrogen and oxygen atoms in total. The first-order valence-electron chi connectivity index (χ1n) is 4.70. The molecular formula is C10H18O3. The van der Waals surface area contributed by atoms with Crippen molar-refractivity contribution in [2.45, 2.75) is 44.8 Å². The van der Waals surface area contributed by atoms with Gasteiger partial charge in [0.15, 0.2) is 0 Å². The summed E-state index contributed by atoms with van der Waals surface area (Å²) in [5.41, 5.74) is 0. The van der Waals surface area contributed by atoms with E-state index in [1.165, 1.54) is 12.2 Å². The number of rotatable bonds is 7. The van der Waals surface area contributed by atoms with E-state index < -0.39 is 12.2 Å². The van der Waals surface area contributed by atoms with Gasteiger partial charge in [-0.1, -0.05) is 32.3 Å². The average molecular weight is 186 g/mol. The molecule has 0 fully saturated rings. The normalized spacial score (nSPS) is 15.9. The lowest BCUT2D eigenvalue weighted by atomic mass is 10.1. The molecule has 0 amide bonds. The van der Waals surface area contributed by atoms with Gasteiger partial charge in [-0.3, -0.25) is 4.79 Å². The quantitative estimate of drug-likeness (QED) is 0.355. The number of carbonyl (C=O) groups excluding carboxylic acids is 1. The SMILES string of the molecule is CCCCCC(O)C(O)/C=C/C=O. The molecule has 2 unspecified atom stereocenters. The van der Waals surface area contributed by atoms with Crippen molar-refractivity contribution in [2.75, 3.05) is 0 Å². The first-order valence-corrected chi connectivity index (χ1v) is 4.70. The monoisotopic (exact) mass is 186 g/mol. The van der Waals surface area contributed by atoms with Gasteiger partial charge in [0.1, 0.15) is 6.29 Å². The maximum absolute atomic E-state index is 9.91. The van der Waals surface area contributed by atoms with E-state index in [1.54, 1.807) is 0 Å². The number of carbonyl (C=O) groups is 1. The Morgan fingerprint density at radius 2 is 2.00 bits per heavy atom. The van der Waals surface area contributed by atoms with Crippen LogP contribution in [0, 0.1) is 0 Å². The topological polar surface area (TPSA) is 57.5 Å². The molecule has 0 rings (SSSR count). The zero-order chi connectivity index (χ0) is 10.1. The molecule has 0 aliphatic carbocycles. The van der Waals surface area contributed by atoms with Gasteiger partial charge in [0.2, 0.25) is 0 Å². The Morgan fingerprint density at radius 3 is 2.54 bits per heavy atom. The third-order valence-electron chi connectivity index (χ3n) is 1.88. The lowest BCUT2D eigenvalue weighted by Gasteiger charge is -2.13. The molecule has 2 N–H and O–H groups in total. The molecule has 13 heavy (non-hydrogen) atoms. The highest BCUT2D eigenvalue weighted by atomic mass is 16.3. The number of aliphatic hydroxyl groups excluding tert-OH is 2. The zero-order valence-corrected chi connectivity index (χ0v) is 8.02. The van der Waals surface area contributed by atoms with Crippen LogP contribution in [0.4, 0.5) is 0 Å². The van der Waals surface area contributed by atoms with Crippen molar-refractivity contribution >= 4 is 6.29 Å². The molecule has 0 aliphatic rings. The van der Waals surface area contributed by atoms with Gasteiger partial charge < -0.3 is 10.2 Å². The minimum Gasteiger partial charge on any atom is -0.390 e. The fourth-order valence-corrected chi connectivity index (χ4v) is 1.06. The summed E-state index contributed by atoms with van der Waals surface area (Å²) < 4.78 is 0. The molecule has 0 saturated heterocycles. The molecule has 0 heterocycles. The van der Waals surface area contributed by atoms with Crippen molar-refractivity contribution in [1.82, 2.24) is 0 Å². The molecule has 0 aliphatic heterocycles. The Kier molecular flexibility index (Phi) is 7.54. The van der Waals surface area contributed by atoms with Crippen LogP contribution in [0.5, 0.6) is 0 Å². The standard InChI is InChI=1S/C10H18O3/c1-2-3-4-6-9(12)10(13)7-5-8-11/h5,7-10,12-13H,2-4,6H2,1H3/b7-5+. The molecule has 2 atom stereocenters. The van der Waals surface area contributed by atoms with Gasteiger partial charge in [0, 0.05) is 0 Å². The van der Waals surface area contributed by atoms with E-state index in [9.17, 15) is 15.0 Å². The first kappa shape index (κ1) is 12.3. The maximum Gasteiger partial charge on any atom is 0.142 e. The molecule has 0 aromatic carbocycles. The van der Waals surface area contributed by atoms with Gasteiger partial charge in [-0.2, -0.15) is 0 Å². The summed E-state index contributed by atoms with van der Waals surface area (Å²) in [6.45, 7) is 2.08. The Bertz CT molecular complexity index is 154. The number of hydrogen-bond acceptors (Lipinski definition) is 3. The summed E-state index contributed by atoms with van der Waals surface area (Å²) in [7, 11) is 0. The highest BCUT2D eigenvalue weighted by molar-refractivity contribution is 5.64.